The number of hydrogen-bond donors (Lipinski definition) is 2. The van der Waals surface area contributed by atoms with Crippen LogP contribution in [0.2, 0.25) is 5.02 Å². The second kappa shape index (κ2) is 3.92. The van der Waals surface area contributed by atoms with Gasteiger partial charge in [-0.2, -0.15) is 5.21 Å². The molecule has 3 aromatic rings. The third kappa shape index (κ3) is 1.67. The van der Waals surface area contributed by atoms with Crippen LogP contribution in [0.4, 0.5) is 0 Å². The van der Waals surface area contributed by atoms with Crippen LogP contribution in [0.1, 0.15) is 5.56 Å². The summed E-state index contributed by atoms with van der Waals surface area (Å²) in [5.74, 6) is 0.260. The number of hydrogen-bond acceptors (Lipinski definition) is 4. The van der Waals surface area contributed by atoms with Gasteiger partial charge in [-0.25, -0.2) is 0 Å². The van der Waals surface area contributed by atoms with Crippen LogP contribution in [-0.2, 0) is 0 Å². The number of halogens is 1. The van der Waals surface area contributed by atoms with E-state index in [1.807, 2.05) is 6.92 Å². The van der Waals surface area contributed by atoms with Crippen molar-refractivity contribution in [1.29, 1.82) is 0 Å². The largest absolute Gasteiger partial charge is 0.321 e. The highest BCUT2D eigenvalue weighted by molar-refractivity contribution is 6.31. The number of benzene rings is 1. The minimum atomic E-state index is -0.255. The van der Waals surface area contributed by atoms with Crippen molar-refractivity contribution >= 4 is 22.5 Å². The van der Waals surface area contributed by atoms with E-state index >= 15 is 0 Å². The van der Waals surface area contributed by atoms with Gasteiger partial charge < -0.3 is 4.98 Å². The fourth-order valence-corrected chi connectivity index (χ4v) is 2.18. The van der Waals surface area contributed by atoms with E-state index in [-0.39, 0.29) is 11.4 Å². The number of aromatic nitrogens is 5. The molecule has 6 nitrogen and oxygen atoms in total. The monoisotopic (exact) mass is 261 g/mol. The lowest BCUT2D eigenvalue weighted by atomic mass is 10.1. The second-order valence-electron chi connectivity index (χ2n) is 3.93. The standard InChI is InChI=1S/C11H8ClN5O/c1-5-2-7(12)3-6-4-8(10-14-16-17-15-10)11(18)13-9(5)6/h2-4H,1H3,(H,13,18)(H,14,15,16,17). The molecule has 2 N–H and O–H groups in total. The maximum absolute atomic E-state index is 12.0. The Morgan fingerprint density at radius 1 is 1.28 bits per heavy atom. The molecule has 0 aliphatic carbocycles. The van der Waals surface area contributed by atoms with E-state index in [9.17, 15) is 4.79 Å². The van der Waals surface area contributed by atoms with Gasteiger partial charge in [0.25, 0.3) is 5.56 Å². The minimum absolute atomic E-state index is 0.255. The van der Waals surface area contributed by atoms with Crippen molar-refractivity contribution in [2.45, 2.75) is 6.92 Å². The van der Waals surface area contributed by atoms with Crippen LogP contribution in [-0.4, -0.2) is 25.6 Å². The highest BCUT2D eigenvalue weighted by Gasteiger charge is 2.11. The summed E-state index contributed by atoms with van der Waals surface area (Å²) in [5.41, 5.74) is 1.78. The SMILES string of the molecule is Cc1cc(Cl)cc2cc(-c3nn[nH]n3)c(=O)[nH]c12. The van der Waals surface area contributed by atoms with Gasteiger partial charge in [-0.05, 0) is 35.9 Å². The molecule has 0 unspecified atom stereocenters. The maximum Gasteiger partial charge on any atom is 0.259 e. The van der Waals surface area contributed by atoms with Gasteiger partial charge in [-0.15, -0.1) is 10.2 Å². The lowest BCUT2D eigenvalue weighted by Gasteiger charge is -2.04. The molecular formula is C11H8ClN5O. The first-order valence-corrected chi connectivity index (χ1v) is 5.60. The number of H-pyrrole nitrogens is 2. The van der Waals surface area contributed by atoms with Gasteiger partial charge in [0.15, 0.2) is 0 Å². The molecule has 0 saturated carbocycles. The van der Waals surface area contributed by atoms with Crippen LogP contribution < -0.4 is 5.56 Å². The summed E-state index contributed by atoms with van der Waals surface area (Å²) in [6, 6.07) is 5.29. The highest BCUT2D eigenvalue weighted by atomic mass is 35.5. The van der Waals surface area contributed by atoms with Crippen LogP contribution in [0.5, 0.6) is 0 Å². The number of aryl methyl sites for hydroxylation is 1. The molecule has 0 saturated heterocycles. The summed E-state index contributed by atoms with van der Waals surface area (Å²) in [6.07, 6.45) is 0. The van der Waals surface area contributed by atoms with Gasteiger partial charge in [0.1, 0.15) is 0 Å². The molecule has 3 rings (SSSR count). The molecule has 0 radical (unpaired) electrons. The van der Waals surface area contributed by atoms with E-state index < -0.39 is 0 Å². The number of nitrogens with zero attached hydrogens (tertiary/aromatic N) is 3. The molecular weight excluding hydrogens is 254 g/mol. The van der Waals surface area contributed by atoms with E-state index in [2.05, 4.69) is 25.6 Å². The molecule has 0 aliphatic heterocycles. The lowest BCUT2D eigenvalue weighted by Crippen LogP contribution is -2.10. The molecule has 1 aromatic carbocycles. The van der Waals surface area contributed by atoms with E-state index in [1.54, 1.807) is 18.2 Å². The van der Waals surface area contributed by atoms with Crippen molar-refractivity contribution in [2.75, 3.05) is 0 Å². The third-order valence-electron chi connectivity index (χ3n) is 2.70. The number of fused-ring (bicyclic) bond motifs is 1. The Kier molecular flexibility index (Phi) is 2.38. The first kappa shape index (κ1) is 10.9. The molecule has 0 amide bonds. The molecule has 0 aliphatic rings. The average Bonchev–Trinajstić information content (AvgIpc) is 2.83. The van der Waals surface area contributed by atoms with Crippen LogP contribution in [0.3, 0.4) is 0 Å². The predicted octanol–water partition coefficient (Wildman–Crippen LogP) is 1.67. The first-order chi connectivity index (χ1) is 8.65. The lowest BCUT2D eigenvalue weighted by molar-refractivity contribution is 0.881. The summed E-state index contributed by atoms with van der Waals surface area (Å²) in [4.78, 5) is 14.8. The number of aromatic amines is 2. The van der Waals surface area contributed by atoms with Crippen molar-refractivity contribution in [3.8, 4) is 11.4 Å². The Labute approximate surface area is 106 Å². The van der Waals surface area contributed by atoms with Crippen LogP contribution in [0.15, 0.2) is 23.0 Å². The summed E-state index contributed by atoms with van der Waals surface area (Å²) in [6.45, 7) is 1.89. The van der Waals surface area contributed by atoms with Gasteiger partial charge in [-0.1, -0.05) is 11.6 Å². The van der Waals surface area contributed by atoms with Gasteiger partial charge >= 0.3 is 0 Å². The van der Waals surface area contributed by atoms with Crippen molar-refractivity contribution in [2.24, 2.45) is 0 Å². The summed E-state index contributed by atoms with van der Waals surface area (Å²) < 4.78 is 0. The Balaban J connectivity index is 2.37. The second-order valence-corrected chi connectivity index (χ2v) is 4.37. The van der Waals surface area contributed by atoms with E-state index in [0.29, 0.717) is 10.6 Å². The van der Waals surface area contributed by atoms with Crippen LogP contribution >= 0.6 is 11.6 Å². The Bertz CT molecular complexity index is 778. The fraction of sp³-hybridized carbons (Fsp3) is 0.0909. The highest BCUT2D eigenvalue weighted by Crippen LogP contribution is 2.23. The number of tetrazole rings is 1. The van der Waals surface area contributed by atoms with Crippen molar-refractivity contribution in [3.05, 3.63) is 39.1 Å². The minimum Gasteiger partial charge on any atom is -0.321 e. The molecule has 0 bridgehead atoms. The number of nitrogens with one attached hydrogen (secondary N) is 2. The molecule has 0 spiro atoms. The van der Waals surface area contributed by atoms with Crippen LogP contribution in [0, 0.1) is 6.92 Å². The maximum atomic E-state index is 12.0. The molecule has 0 fully saturated rings. The summed E-state index contributed by atoms with van der Waals surface area (Å²) in [7, 11) is 0. The number of pyridine rings is 1. The quantitative estimate of drug-likeness (QED) is 0.697. The smallest absolute Gasteiger partial charge is 0.259 e. The third-order valence-corrected chi connectivity index (χ3v) is 2.92. The molecule has 0 atom stereocenters. The molecule has 7 heteroatoms. The number of rotatable bonds is 1. The normalized spacial score (nSPS) is 11.0. The Morgan fingerprint density at radius 3 is 2.83 bits per heavy atom. The van der Waals surface area contributed by atoms with Gasteiger partial charge in [0.05, 0.1) is 11.1 Å². The first-order valence-electron chi connectivity index (χ1n) is 5.22. The zero-order valence-electron chi connectivity index (χ0n) is 9.36. The fourth-order valence-electron chi connectivity index (χ4n) is 1.90. The van der Waals surface area contributed by atoms with Gasteiger partial charge in [-0.3, -0.25) is 4.79 Å². The topological polar surface area (TPSA) is 87.3 Å². The molecule has 90 valence electrons. The van der Waals surface area contributed by atoms with Gasteiger partial charge in [0.2, 0.25) is 5.82 Å². The zero-order chi connectivity index (χ0) is 12.7. The Hall–Kier alpha value is -2.21. The van der Waals surface area contributed by atoms with Gasteiger partial charge in [0, 0.05) is 10.4 Å². The van der Waals surface area contributed by atoms with Crippen molar-refractivity contribution in [1.82, 2.24) is 25.6 Å². The van der Waals surface area contributed by atoms with E-state index in [0.717, 1.165) is 16.5 Å². The summed E-state index contributed by atoms with van der Waals surface area (Å²) >= 11 is 6.00. The molecule has 18 heavy (non-hydrogen) atoms. The van der Waals surface area contributed by atoms with Crippen LogP contribution in [0.25, 0.3) is 22.3 Å². The zero-order valence-corrected chi connectivity index (χ0v) is 10.1. The molecule has 2 heterocycles. The van der Waals surface area contributed by atoms with Crippen molar-refractivity contribution in [3.63, 3.8) is 0 Å². The predicted molar refractivity (Wildman–Crippen MR) is 67.5 cm³/mol. The summed E-state index contributed by atoms with van der Waals surface area (Å²) in [5, 5.41) is 14.8. The van der Waals surface area contributed by atoms with E-state index in [4.69, 9.17) is 11.6 Å². The Morgan fingerprint density at radius 2 is 2.11 bits per heavy atom. The molecule has 2 aromatic heterocycles. The van der Waals surface area contributed by atoms with Crippen molar-refractivity contribution < 1.29 is 0 Å². The van der Waals surface area contributed by atoms with E-state index in [1.165, 1.54) is 0 Å². The average molecular weight is 262 g/mol.